The molecule has 0 spiro atoms. The molecule has 35 heavy (non-hydrogen) atoms. The van der Waals surface area contributed by atoms with E-state index >= 15 is 0 Å². The summed E-state index contributed by atoms with van der Waals surface area (Å²) in [5.74, 6) is -0.937. The number of imide groups is 1. The van der Waals surface area contributed by atoms with Crippen LogP contribution in [-0.2, 0) is 24.6 Å². The minimum absolute atomic E-state index is 0.0243. The molecule has 182 valence electrons. The van der Waals surface area contributed by atoms with Crippen LogP contribution in [0.3, 0.4) is 0 Å². The van der Waals surface area contributed by atoms with Crippen molar-refractivity contribution in [3.8, 4) is 11.1 Å². The van der Waals surface area contributed by atoms with Gasteiger partial charge in [-0.25, -0.2) is 0 Å². The van der Waals surface area contributed by atoms with Crippen LogP contribution in [0.2, 0.25) is 0 Å². The molecular formula is C28H31N3O4. The maximum absolute atomic E-state index is 13.4. The third kappa shape index (κ3) is 4.24. The molecule has 2 heterocycles. The van der Waals surface area contributed by atoms with Gasteiger partial charge in [-0.3, -0.25) is 24.1 Å². The van der Waals surface area contributed by atoms with E-state index in [1.165, 1.54) is 7.05 Å². The Morgan fingerprint density at radius 3 is 2.14 bits per heavy atom. The van der Waals surface area contributed by atoms with Gasteiger partial charge in [-0.05, 0) is 29.5 Å². The lowest BCUT2D eigenvalue weighted by atomic mass is 9.75. The van der Waals surface area contributed by atoms with Crippen LogP contribution in [0.4, 0.5) is 0 Å². The summed E-state index contributed by atoms with van der Waals surface area (Å²) < 4.78 is 0. The van der Waals surface area contributed by atoms with Crippen LogP contribution in [-0.4, -0.2) is 71.1 Å². The van der Waals surface area contributed by atoms with Gasteiger partial charge in [0.05, 0.1) is 12.0 Å². The standard InChI is InChI=1S/C28H31N3O4/c1-29-24(32)17-28(27(29)35,22-13-11-21(12-14-22)20-7-3-2-4-8-20)18-25(33)30-15-16-31(26(34)19-30)23-9-5-6-10-23/h2-4,7-8,11-14,23H,5-6,9-10,15-19H2,1H3. The number of nitrogens with zero attached hydrogens (tertiary/aromatic N) is 3. The summed E-state index contributed by atoms with van der Waals surface area (Å²) in [5.41, 5.74) is 1.46. The van der Waals surface area contributed by atoms with Crippen LogP contribution in [0, 0.1) is 0 Å². The van der Waals surface area contributed by atoms with Gasteiger partial charge in [0.15, 0.2) is 0 Å². The molecule has 4 amide bonds. The molecule has 2 aromatic carbocycles. The summed E-state index contributed by atoms with van der Waals surface area (Å²) in [6.45, 7) is 1.03. The molecule has 2 saturated heterocycles. The minimum atomic E-state index is -1.25. The van der Waals surface area contributed by atoms with E-state index < -0.39 is 5.41 Å². The molecule has 7 heteroatoms. The second-order valence-corrected chi connectivity index (χ2v) is 9.98. The number of piperazine rings is 1. The number of carbonyl (C=O) groups is 4. The summed E-state index contributed by atoms with van der Waals surface area (Å²) in [5, 5.41) is 0. The first-order valence-electron chi connectivity index (χ1n) is 12.4. The van der Waals surface area contributed by atoms with Crippen molar-refractivity contribution in [3.05, 3.63) is 60.2 Å². The molecule has 0 bridgehead atoms. The Morgan fingerprint density at radius 1 is 0.886 bits per heavy atom. The number of hydrogen-bond donors (Lipinski definition) is 0. The van der Waals surface area contributed by atoms with E-state index in [4.69, 9.17) is 0 Å². The molecule has 0 radical (unpaired) electrons. The molecule has 7 nitrogen and oxygen atoms in total. The smallest absolute Gasteiger partial charge is 0.242 e. The summed E-state index contributed by atoms with van der Waals surface area (Å²) >= 11 is 0. The number of benzene rings is 2. The molecule has 5 rings (SSSR count). The van der Waals surface area contributed by atoms with Gasteiger partial charge in [-0.15, -0.1) is 0 Å². The lowest BCUT2D eigenvalue weighted by Crippen LogP contribution is -2.55. The zero-order valence-corrected chi connectivity index (χ0v) is 20.1. The third-order valence-corrected chi connectivity index (χ3v) is 7.91. The van der Waals surface area contributed by atoms with E-state index in [9.17, 15) is 19.2 Å². The maximum Gasteiger partial charge on any atom is 0.242 e. The van der Waals surface area contributed by atoms with Crippen LogP contribution >= 0.6 is 0 Å². The summed E-state index contributed by atoms with van der Waals surface area (Å²) in [6.07, 6.45) is 4.19. The first-order valence-corrected chi connectivity index (χ1v) is 12.4. The molecule has 0 N–H and O–H groups in total. The molecule has 1 unspecified atom stereocenters. The highest BCUT2D eigenvalue weighted by Gasteiger charge is 2.53. The fraction of sp³-hybridized carbons (Fsp3) is 0.429. The average Bonchev–Trinajstić information content (AvgIpc) is 3.49. The number of amides is 4. The Bertz CT molecular complexity index is 1140. The number of likely N-dealkylation sites (tertiary alicyclic amines) is 1. The molecule has 3 aliphatic rings. The number of likely N-dealkylation sites (N-methyl/N-ethyl adjacent to an activating group) is 1. The molecule has 1 atom stereocenters. The third-order valence-electron chi connectivity index (χ3n) is 7.91. The number of rotatable bonds is 5. The number of carbonyl (C=O) groups excluding carboxylic acids is 4. The zero-order chi connectivity index (χ0) is 24.6. The van der Waals surface area contributed by atoms with Crippen LogP contribution < -0.4 is 0 Å². The second-order valence-electron chi connectivity index (χ2n) is 9.98. The van der Waals surface area contributed by atoms with Crippen LogP contribution in [0.25, 0.3) is 11.1 Å². The Labute approximate surface area is 205 Å². The predicted octanol–water partition coefficient (Wildman–Crippen LogP) is 2.98. The van der Waals surface area contributed by atoms with Gasteiger partial charge in [0.1, 0.15) is 0 Å². The molecule has 1 aliphatic carbocycles. The van der Waals surface area contributed by atoms with Gasteiger partial charge in [-0.1, -0.05) is 67.4 Å². The molecule has 1 saturated carbocycles. The Kier molecular flexibility index (Phi) is 6.17. The highest BCUT2D eigenvalue weighted by Crippen LogP contribution is 2.40. The van der Waals surface area contributed by atoms with Crippen molar-refractivity contribution in [2.45, 2.75) is 50.0 Å². The van der Waals surface area contributed by atoms with Gasteiger partial charge in [-0.2, -0.15) is 0 Å². The van der Waals surface area contributed by atoms with E-state index in [-0.39, 0.29) is 49.1 Å². The Morgan fingerprint density at radius 2 is 1.54 bits per heavy atom. The molecule has 2 aromatic rings. The zero-order valence-electron chi connectivity index (χ0n) is 20.1. The predicted molar refractivity (Wildman–Crippen MR) is 131 cm³/mol. The van der Waals surface area contributed by atoms with Crippen molar-refractivity contribution in [3.63, 3.8) is 0 Å². The fourth-order valence-electron chi connectivity index (χ4n) is 5.84. The van der Waals surface area contributed by atoms with Crippen molar-refractivity contribution in [2.75, 3.05) is 26.7 Å². The monoisotopic (exact) mass is 473 g/mol. The fourth-order valence-corrected chi connectivity index (χ4v) is 5.84. The molecule has 3 fully saturated rings. The Balaban J connectivity index is 1.37. The highest BCUT2D eigenvalue weighted by atomic mass is 16.2. The summed E-state index contributed by atoms with van der Waals surface area (Å²) in [7, 11) is 1.47. The SMILES string of the molecule is CN1C(=O)CC(CC(=O)N2CCN(C3CCCC3)C(=O)C2)(c2ccc(-c3ccccc3)cc2)C1=O. The van der Waals surface area contributed by atoms with Gasteiger partial charge in [0, 0.05) is 39.0 Å². The van der Waals surface area contributed by atoms with Crippen LogP contribution in [0.1, 0.15) is 44.1 Å². The van der Waals surface area contributed by atoms with Gasteiger partial charge < -0.3 is 9.80 Å². The average molecular weight is 474 g/mol. The first-order chi connectivity index (χ1) is 16.9. The van der Waals surface area contributed by atoms with Crippen molar-refractivity contribution >= 4 is 23.6 Å². The quantitative estimate of drug-likeness (QED) is 0.626. The van der Waals surface area contributed by atoms with E-state index in [1.807, 2.05) is 59.5 Å². The second kappa shape index (κ2) is 9.29. The Hall–Kier alpha value is -3.48. The van der Waals surface area contributed by atoms with E-state index in [0.29, 0.717) is 18.7 Å². The summed E-state index contributed by atoms with van der Waals surface area (Å²) in [6, 6.07) is 17.7. The number of hydrogen-bond acceptors (Lipinski definition) is 4. The van der Waals surface area contributed by atoms with E-state index in [0.717, 1.165) is 41.7 Å². The van der Waals surface area contributed by atoms with E-state index in [2.05, 4.69) is 0 Å². The van der Waals surface area contributed by atoms with Crippen molar-refractivity contribution in [1.29, 1.82) is 0 Å². The van der Waals surface area contributed by atoms with Gasteiger partial charge in [0.25, 0.3) is 0 Å². The van der Waals surface area contributed by atoms with Crippen LogP contribution in [0.5, 0.6) is 0 Å². The van der Waals surface area contributed by atoms with Gasteiger partial charge in [0.2, 0.25) is 23.6 Å². The highest BCUT2D eigenvalue weighted by molar-refractivity contribution is 6.10. The molecular weight excluding hydrogens is 442 g/mol. The largest absolute Gasteiger partial charge is 0.336 e. The minimum Gasteiger partial charge on any atom is -0.336 e. The lowest BCUT2D eigenvalue weighted by Gasteiger charge is -2.39. The maximum atomic E-state index is 13.4. The normalized spacial score (nSPS) is 23.5. The molecule has 2 aliphatic heterocycles. The lowest BCUT2D eigenvalue weighted by molar-refractivity contribution is -0.148. The van der Waals surface area contributed by atoms with Crippen molar-refractivity contribution < 1.29 is 19.2 Å². The molecule has 0 aromatic heterocycles. The van der Waals surface area contributed by atoms with Crippen LogP contribution in [0.15, 0.2) is 54.6 Å². The van der Waals surface area contributed by atoms with Crippen molar-refractivity contribution in [2.24, 2.45) is 0 Å². The topological polar surface area (TPSA) is 78.0 Å². The van der Waals surface area contributed by atoms with E-state index in [1.54, 1.807) is 4.90 Å². The first kappa shape index (κ1) is 23.3. The van der Waals surface area contributed by atoms with Crippen molar-refractivity contribution in [1.82, 2.24) is 14.7 Å². The van der Waals surface area contributed by atoms with Gasteiger partial charge >= 0.3 is 0 Å². The summed E-state index contributed by atoms with van der Waals surface area (Å²) in [4.78, 5) is 56.8.